The third-order valence-corrected chi connectivity index (χ3v) is 2.12. The van der Waals surface area contributed by atoms with E-state index in [2.05, 4.69) is 22.8 Å². The minimum absolute atomic E-state index is 0.111. The molecular formula is C6H10N2OS. The van der Waals surface area contributed by atoms with Gasteiger partial charge in [-0.15, -0.1) is 10.2 Å². The van der Waals surface area contributed by atoms with Crippen molar-refractivity contribution in [3.05, 3.63) is 12.3 Å². The molecule has 0 spiro atoms. The fraction of sp³-hybridized carbons (Fsp3) is 0.667. The number of rotatable bonds is 2. The van der Waals surface area contributed by atoms with Crippen molar-refractivity contribution < 1.29 is 4.42 Å². The van der Waals surface area contributed by atoms with Crippen molar-refractivity contribution in [2.75, 3.05) is 5.75 Å². The number of aromatic nitrogens is 2. The monoisotopic (exact) mass is 158 g/mol. The lowest BCUT2D eigenvalue weighted by Gasteiger charge is -2.15. The third kappa shape index (κ3) is 1.31. The quantitative estimate of drug-likeness (QED) is 0.659. The molecular weight excluding hydrogens is 148 g/mol. The zero-order valence-corrected chi connectivity index (χ0v) is 6.93. The van der Waals surface area contributed by atoms with Gasteiger partial charge in [0.05, 0.1) is 5.41 Å². The summed E-state index contributed by atoms with van der Waals surface area (Å²) in [6.45, 7) is 4.01. The number of nitrogens with zero attached hydrogens (tertiary/aromatic N) is 2. The summed E-state index contributed by atoms with van der Waals surface area (Å²) in [4.78, 5) is 0. The molecule has 0 bridgehead atoms. The Bertz CT molecular complexity index is 196. The van der Waals surface area contributed by atoms with Crippen LogP contribution in [0, 0.1) is 0 Å². The molecule has 0 atom stereocenters. The lowest BCUT2D eigenvalue weighted by Crippen LogP contribution is -2.19. The molecule has 0 unspecified atom stereocenters. The predicted molar refractivity (Wildman–Crippen MR) is 41.2 cm³/mol. The molecule has 0 saturated heterocycles. The van der Waals surface area contributed by atoms with Gasteiger partial charge in [-0.2, -0.15) is 12.6 Å². The van der Waals surface area contributed by atoms with E-state index in [1.165, 1.54) is 6.39 Å². The van der Waals surface area contributed by atoms with Gasteiger partial charge in [-0.3, -0.25) is 0 Å². The van der Waals surface area contributed by atoms with Crippen LogP contribution in [0.5, 0.6) is 0 Å². The molecule has 0 aliphatic heterocycles. The third-order valence-electron chi connectivity index (χ3n) is 1.33. The molecule has 0 aliphatic rings. The Morgan fingerprint density at radius 2 is 2.40 bits per heavy atom. The fourth-order valence-electron chi connectivity index (χ4n) is 0.536. The molecule has 0 radical (unpaired) electrons. The lowest BCUT2D eigenvalue weighted by atomic mass is 9.97. The van der Waals surface area contributed by atoms with Crippen LogP contribution in [0.3, 0.4) is 0 Å². The second-order valence-corrected chi connectivity index (χ2v) is 3.10. The van der Waals surface area contributed by atoms with Gasteiger partial charge in [-0.25, -0.2) is 0 Å². The Balaban J connectivity index is 2.85. The first kappa shape index (κ1) is 7.60. The average molecular weight is 158 g/mol. The molecule has 0 saturated carbocycles. The summed E-state index contributed by atoms with van der Waals surface area (Å²) >= 11 is 4.16. The van der Waals surface area contributed by atoms with E-state index >= 15 is 0 Å². The molecule has 10 heavy (non-hydrogen) atoms. The summed E-state index contributed by atoms with van der Waals surface area (Å²) < 4.78 is 5.02. The molecule has 1 heterocycles. The van der Waals surface area contributed by atoms with E-state index in [-0.39, 0.29) is 5.41 Å². The molecule has 0 aliphatic carbocycles. The largest absolute Gasteiger partial charge is 0.427 e. The summed E-state index contributed by atoms with van der Waals surface area (Å²) in [6, 6.07) is 0. The molecule has 0 fully saturated rings. The van der Waals surface area contributed by atoms with E-state index in [0.717, 1.165) is 0 Å². The molecule has 0 N–H and O–H groups in total. The second kappa shape index (κ2) is 2.62. The SMILES string of the molecule is CC(C)(CS)c1nnco1. The van der Waals surface area contributed by atoms with Crippen molar-refractivity contribution in [3.8, 4) is 0 Å². The maximum atomic E-state index is 5.02. The Kier molecular flexibility index (Phi) is 1.99. The number of thiol groups is 1. The molecule has 1 aromatic heterocycles. The molecule has 56 valence electrons. The Morgan fingerprint density at radius 3 is 2.80 bits per heavy atom. The minimum Gasteiger partial charge on any atom is -0.427 e. The van der Waals surface area contributed by atoms with Gasteiger partial charge < -0.3 is 4.42 Å². The van der Waals surface area contributed by atoms with Crippen LogP contribution in [0.2, 0.25) is 0 Å². The Morgan fingerprint density at radius 1 is 1.70 bits per heavy atom. The first-order chi connectivity index (χ1) is 4.67. The molecule has 3 nitrogen and oxygen atoms in total. The van der Waals surface area contributed by atoms with Crippen molar-refractivity contribution in [1.29, 1.82) is 0 Å². The van der Waals surface area contributed by atoms with Crippen LogP contribution < -0.4 is 0 Å². The first-order valence-corrected chi connectivity index (χ1v) is 3.67. The highest BCUT2D eigenvalue weighted by Crippen LogP contribution is 2.21. The highest BCUT2D eigenvalue weighted by atomic mass is 32.1. The number of hydrogen-bond acceptors (Lipinski definition) is 4. The van der Waals surface area contributed by atoms with E-state index in [1.54, 1.807) is 0 Å². The summed E-state index contributed by atoms with van der Waals surface area (Å²) in [5.41, 5.74) is -0.111. The topological polar surface area (TPSA) is 38.9 Å². The molecule has 4 heteroatoms. The maximum Gasteiger partial charge on any atom is 0.222 e. The van der Waals surface area contributed by atoms with Gasteiger partial charge in [-0.1, -0.05) is 13.8 Å². The van der Waals surface area contributed by atoms with Gasteiger partial charge in [0.2, 0.25) is 12.3 Å². The van der Waals surface area contributed by atoms with Crippen molar-refractivity contribution in [3.63, 3.8) is 0 Å². The van der Waals surface area contributed by atoms with E-state index in [9.17, 15) is 0 Å². The normalized spacial score (nSPS) is 11.9. The van der Waals surface area contributed by atoms with E-state index in [4.69, 9.17) is 4.42 Å². The second-order valence-electron chi connectivity index (χ2n) is 2.79. The van der Waals surface area contributed by atoms with Crippen LogP contribution in [-0.2, 0) is 5.41 Å². The summed E-state index contributed by atoms with van der Waals surface area (Å²) in [5, 5.41) is 7.38. The van der Waals surface area contributed by atoms with Crippen LogP contribution in [-0.4, -0.2) is 16.0 Å². The summed E-state index contributed by atoms with van der Waals surface area (Å²) in [7, 11) is 0. The molecule has 1 rings (SSSR count). The van der Waals surface area contributed by atoms with Crippen molar-refractivity contribution in [2.45, 2.75) is 19.3 Å². The fourth-order valence-corrected chi connectivity index (χ4v) is 0.671. The van der Waals surface area contributed by atoms with Crippen LogP contribution in [0.15, 0.2) is 10.8 Å². The summed E-state index contributed by atoms with van der Waals surface area (Å²) in [6.07, 6.45) is 1.33. The van der Waals surface area contributed by atoms with Gasteiger partial charge in [0.25, 0.3) is 0 Å². The van der Waals surface area contributed by atoms with E-state index < -0.39 is 0 Å². The molecule has 1 aromatic rings. The van der Waals surface area contributed by atoms with Gasteiger partial charge >= 0.3 is 0 Å². The van der Waals surface area contributed by atoms with Crippen molar-refractivity contribution >= 4 is 12.6 Å². The van der Waals surface area contributed by atoms with Crippen molar-refractivity contribution in [1.82, 2.24) is 10.2 Å². The van der Waals surface area contributed by atoms with Gasteiger partial charge in [-0.05, 0) is 0 Å². The zero-order valence-electron chi connectivity index (χ0n) is 6.03. The average Bonchev–Trinajstić information content (AvgIpc) is 2.38. The van der Waals surface area contributed by atoms with Crippen LogP contribution >= 0.6 is 12.6 Å². The van der Waals surface area contributed by atoms with Crippen LogP contribution in [0.4, 0.5) is 0 Å². The molecule has 0 aromatic carbocycles. The summed E-state index contributed by atoms with van der Waals surface area (Å²) in [5.74, 6) is 1.34. The van der Waals surface area contributed by atoms with E-state index in [0.29, 0.717) is 11.6 Å². The smallest absolute Gasteiger partial charge is 0.222 e. The minimum atomic E-state index is -0.111. The Hall–Kier alpha value is -0.510. The first-order valence-electron chi connectivity index (χ1n) is 3.04. The highest BCUT2D eigenvalue weighted by molar-refractivity contribution is 7.80. The predicted octanol–water partition coefficient (Wildman–Crippen LogP) is 1.28. The van der Waals surface area contributed by atoms with Gasteiger partial charge in [0.15, 0.2) is 0 Å². The van der Waals surface area contributed by atoms with Crippen LogP contribution in [0.1, 0.15) is 19.7 Å². The lowest BCUT2D eigenvalue weighted by molar-refractivity contribution is 0.398. The van der Waals surface area contributed by atoms with Crippen molar-refractivity contribution in [2.24, 2.45) is 0 Å². The maximum absolute atomic E-state index is 5.02. The van der Waals surface area contributed by atoms with Gasteiger partial charge in [0, 0.05) is 5.75 Å². The highest BCUT2D eigenvalue weighted by Gasteiger charge is 2.23. The molecule has 0 amide bonds. The Labute approximate surface area is 65.2 Å². The zero-order chi connectivity index (χ0) is 7.61. The standard InChI is InChI=1S/C6H10N2OS/c1-6(2,3-10)5-8-7-4-9-5/h4,10H,3H2,1-2H3. The van der Waals surface area contributed by atoms with E-state index in [1.807, 2.05) is 13.8 Å². The van der Waals surface area contributed by atoms with Gasteiger partial charge in [0.1, 0.15) is 0 Å². The van der Waals surface area contributed by atoms with Crippen LogP contribution in [0.25, 0.3) is 0 Å². The number of hydrogen-bond donors (Lipinski definition) is 1.